The monoisotopic (exact) mass is 362 g/mol. The molecule has 0 unspecified atom stereocenters. The van der Waals surface area contributed by atoms with Gasteiger partial charge in [-0.1, -0.05) is 12.1 Å². The maximum atomic E-state index is 5.90. The van der Waals surface area contributed by atoms with Gasteiger partial charge in [0.15, 0.2) is 22.9 Å². The predicted molar refractivity (Wildman–Crippen MR) is 105 cm³/mol. The Morgan fingerprint density at radius 2 is 1.85 bits per heavy atom. The summed E-state index contributed by atoms with van der Waals surface area (Å²) in [5.41, 5.74) is 6.73. The minimum Gasteiger partial charge on any atom is -0.493 e. The lowest BCUT2D eigenvalue weighted by Crippen LogP contribution is -2.02. The van der Waals surface area contributed by atoms with Crippen LogP contribution in [0.25, 0.3) is 22.1 Å². The fraction of sp³-hybridized carbons (Fsp3) is 0.150. The van der Waals surface area contributed by atoms with Crippen LogP contribution in [0.5, 0.6) is 11.5 Å². The molecule has 0 saturated carbocycles. The fourth-order valence-electron chi connectivity index (χ4n) is 2.87. The van der Waals surface area contributed by atoms with E-state index in [1.807, 2.05) is 49.4 Å². The summed E-state index contributed by atoms with van der Waals surface area (Å²) in [5, 5.41) is 5.38. The molecular formula is C20H18N4O3. The van der Waals surface area contributed by atoms with Crippen LogP contribution in [-0.4, -0.2) is 29.9 Å². The number of fused-ring (bicyclic) bond motifs is 3. The highest BCUT2D eigenvalue weighted by Gasteiger charge is 2.13. The maximum absolute atomic E-state index is 5.90. The summed E-state index contributed by atoms with van der Waals surface area (Å²) in [4.78, 5) is 8.59. The van der Waals surface area contributed by atoms with E-state index in [-0.39, 0.29) is 0 Å². The number of rotatable bonds is 5. The Bertz CT molecular complexity index is 1150. The molecule has 0 aliphatic heterocycles. The third-order valence-electron chi connectivity index (χ3n) is 4.29. The lowest BCUT2D eigenvalue weighted by molar-refractivity contribution is 0.355. The van der Waals surface area contributed by atoms with Gasteiger partial charge >= 0.3 is 0 Å². The van der Waals surface area contributed by atoms with Gasteiger partial charge in [-0.05, 0) is 37.3 Å². The van der Waals surface area contributed by atoms with Crippen molar-refractivity contribution in [1.82, 2.24) is 9.97 Å². The molecule has 4 rings (SSSR count). The smallest absolute Gasteiger partial charge is 0.197 e. The Morgan fingerprint density at radius 1 is 1.04 bits per heavy atom. The molecule has 0 fully saturated rings. The summed E-state index contributed by atoms with van der Waals surface area (Å²) in [6, 6.07) is 13.4. The number of hydrogen-bond donors (Lipinski definition) is 1. The third-order valence-corrected chi connectivity index (χ3v) is 4.29. The van der Waals surface area contributed by atoms with E-state index < -0.39 is 0 Å². The predicted octanol–water partition coefficient (Wildman–Crippen LogP) is 4.23. The molecule has 7 heteroatoms. The molecule has 2 aromatic heterocycles. The number of hydrogen-bond acceptors (Lipinski definition) is 7. The van der Waals surface area contributed by atoms with Crippen molar-refractivity contribution >= 4 is 33.6 Å². The highest BCUT2D eigenvalue weighted by atomic mass is 16.5. The highest BCUT2D eigenvalue weighted by molar-refractivity contribution is 6.05. The molecule has 2 heterocycles. The van der Waals surface area contributed by atoms with Gasteiger partial charge in [0.05, 0.1) is 19.9 Å². The van der Waals surface area contributed by atoms with E-state index in [0.717, 1.165) is 27.8 Å². The van der Waals surface area contributed by atoms with Crippen molar-refractivity contribution in [3.05, 3.63) is 54.4 Å². The number of nitrogens with zero attached hydrogens (tertiary/aromatic N) is 3. The normalized spacial score (nSPS) is 11.7. The number of furan rings is 1. The lowest BCUT2D eigenvalue weighted by Gasteiger charge is -2.09. The van der Waals surface area contributed by atoms with E-state index in [1.54, 1.807) is 14.2 Å². The largest absolute Gasteiger partial charge is 0.493 e. The molecule has 136 valence electrons. The molecule has 2 aromatic carbocycles. The molecule has 0 spiro atoms. The first-order valence-corrected chi connectivity index (χ1v) is 8.36. The number of anilines is 1. The second kappa shape index (κ2) is 6.95. The summed E-state index contributed by atoms with van der Waals surface area (Å²) in [6.07, 6.45) is 1.49. The van der Waals surface area contributed by atoms with Crippen LogP contribution in [0.2, 0.25) is 0 Å². The molecule has 0 aliphatic carbocycles. The van der Waals surface area contributed by atoms with E-state index >= 15 is 0 Å². The minimum absolute atomic E-state index is 0.510. The van der Waals surface area contributed by atoms with E-state index in [4.69, 9.17) is 13.9 Å². The number of ether oxygens (including phenoxy) is 2. The molecule has 0 saturated heterocycles. The standard InChI is InChI=1S/C20H18N4O3/c1-12(13-8-9-16(25-2)17(10-13)26-3)23-24-20-19-18(21-11-22-20)14-6-4-5-7-15(14)27-19/h4-11H,1-3H3,(H,21,22,24)/b23-12-. The summed E-state index contributed by atoms with van der Waals surface area (Å²) in [7, 11) is 3.21. The Labute approximate surface area is 155 Å². The molecule has 7 nitrogen and oxygen atoms in total. The molecule has 0 atom stereocenters. The number of aromatic nitrogens is 2. The van der Waals surface area contributed by atoms with Gasteiger partial charge in [-0.25, -0.2) is 9.97 Å². The quantitative estimate of drug-likeness (QED) is 0.423. The van der Waals surface area contributed by atoms with Crippen molar-refractivity contribution in [3.8, 4) is 11.5 Å². The van der Waals surface area contributed by atoms with E-state index in [0.29, 0.717) is 22.9 Å². The fourth-order valence-corrected chi connectivity index (χ4v) is 2.87. The van der Waals surface area contributed by atoms with Crippen molar-refractivity contribution in [1.29, 1.82) is 0 Å². The van der Waals surface area contributed by atoms with Crippen LogP contribution in [0.4, 0.5) is 5.82 Å². The maximum Gasteiger partial charge on any atom is 0.197 e. The first-order chi connectivity index (χ1) is 13.2. The summed E-state index contributed by atoms with van der Waals surface area (Å²) in [5.74, 6) is 1.82. The molecule has 4 aromatic rings. The van der Waals surface area contributed by atoms with Gasteiger partial charge in [-0.15, -0.1) is 0 Å². The van der Waals surface area contributed by atoms with Gasteiger partial charge in [0, 0.05) is 10.9 Å². The Balaban J connectivity index is 1.68. The number of hydrazone groups is 1. The SMILES string of the molecule is COc1ccc(/C(C)=N\Nc2ncnc3c2oc2ccccc23)cc1OC. The molecule has 0 aliphatic rings. The van der Waals surface area contributed by atoms with Crippen molar-refractivity contribution in [2.24, 2.45) is 5.10 Å². The highest BCUT2D eigenvalue weighted by Crippen LogP contribution is 2.31. The van der Waals surface area contributed by atoms with Crippen LogP contribution >= 0.6 is 0 Å². The zero-order chi connectivity index (χ0) is 18.8. The van der Waals surface area contributed by atoms with Crippen LogP contribution in [0.3, 0.4) is 0 Å². The Hall–Kier alpha value is -3.61. The Morgan fingerprint density at radius 3 is 2.67 bits per heavy atom. The topological polar surface area (TPSA) is 81.8 Å². The van der Waals surface area contributed by atoms with Crippen LogP contribution in [0.15, 0.2) is 58.3 Å². The number of benzene rings is 2. The zero-order valence-electron chi connectivity index (χ0n) is 15.2. The average Bonchev–Trinajstić information content (AvgIpc) is 3.10. The number of nitrogens with one attached hydrogen (secondary N) is 1. The molecule has 0 radical (unpaired) electrons. The van der Waals surface area contributed by atoms with Crippen LogP contribution in [-0.2, 0) is 0 Å². The van der Waals surface area contributed by atoms with Gasteiger partial charge in [0.2, 0.25) is 0 Å². The summed E-state index contributed by atoms with van der Waals surface area (Å²) in [6.45, 7) is 1.89. The molecular weight excluding hydrogens is 344 g/mol. The van der Waals surface area contributed by atoms with E-state index in [2.05, 4.69) is 20.5 Å². The second-order valence-corrected chi connectivity index (χ2v) is 5.88. The van der Waals surface area contributed by atoms with Crippen molar-refractivity contribution in [3.63, 3.8) is 0 Å². The first kappa shape index (κ1) is 16.8. The molecule has 27 heavy (non-hydrogen) atoms. The Kier molecular flexibility index (Phi) is 4.33. The van der Waals surface area contributed by atoms with Crippen molar-refractivity contribution in [2.75, 3.05) is 19.6 Å². The molecule has 0 amide bonds. The average molecular weight is 362 g/mol. The zero-order valence-corrected chi connectivity index (χ0v) is 15.2. The lowest BCUT2D eigenvalue weighted by atomic mass is 10.1. The van der Waals surface area contributed by atoms with E-state index in [9.17, 15) is 0 Å². The first-order valence-electron chi connectivity index (χ1n) is 8.36. The third kappa shape index (κ3) is 3.03. The van der Waals surface area contributed by atoms with Crippen molar-refractivity contribution in [2.45, 2.75) is 6.92 Å². The van der Waals surface area contributed by atoms with Gasteiger partial charge in [-0.3, -0.25) is 5.43 Å². The second-order valence-electron chi connectivity index (χ2n) is 5.88. The van der Waals surface area contributed by atoms with Gasteiger partial charge in [-0.2, -0.15) is 5.10 Å². The minimum atomic E-state index is 0.510. The summed E-state index contributed by atoms with van der Waals surface area (Å²) >= 11 is 0. The van der Waals surface area contributed by atoms with Crippen LogP contribution in [0.1, 0.15) is 12.5 Å². The van der Waals surface area contributed by atoms with Crippen LogP contribution < -0.4 is 14.9 Å². The number of methoxy groups -OCH3 is 2. The summed E-state index contributed by atoms with van der Waals surface area (Å²) < 4.78 is 16.5. The van der Waals surface area contributed by atoms with Crippen LogP contribution in [0, 0.1) is 0 Å². The van der Waals surface area contributed by atoms with Gasteiger partial charge < -0.3 is 13.9 Å². The van der Waals surface area contributed by atoms with Gasteiger partial charge in [0.25, 0.3) is 0 Å². The molecule has 1 N–H and O–H groups in total. The van der Waals surface area contributed by atoms with Crippen molar-refractivity contribution < 1.29 is 13.9 Å². The van der Waals surface area contributed by atoms with E-state index in [1.165, 1.54) is 6.33 Å². The van der Waals surface area contributed by atoms with Gasteiger partial charge in [0.1, 0.15) is 17.4 Å². The number of para-hydroxylation sites is 1. The molecule has 0 bridgehead atoms.